The smallest absolute Gasteiger partial charge is 0.171 e. The van der Waals surface area contributed by atoms with Crippen LogP contribution < -0.4 is 12.4 Å². The quantitative estimate of drug-likeness (QED) is 0.554. The number of phenols is 2. The molecule has 0 radical (unpaired) electrons. The first-order valence-corrected chi connectivity index (χ1v) is 6.20. The molecule has 100 valence electrons. The Balaban J connectivity index is 0.00000162. The molecule has 18 heavy (non-hydrogen) atoms. The monoisotopic (exact) mass is 269 g/mol. The van der Waals surface area contributed by atoms with Crippen LogP contribution in [0.15, 0.2) is 12.1 Å². The number of fused-ring (bicyclic) bond motifs is 1. The van der Waals surface area contributed by atoms with Gasteiger partial charge in [-0.2, -0.15) is 0 Å². The minimum Gasteiger partial charge on any atom is -1.00 e. The second-order valence-corrected chi connectivity index (χ2v) is 5.14. The highest BCUT2D eigenvalue weighted by Crippen LogP contribution is 2.28. The van der Waals surface area contributed by atoms with Crippen molar-refractivity contribution in [3.05, 3.63) is 23.3 Å². The maximum absolute atomic E-state index is 9.49. The van der Waals surface area contributed by atoms with Crippen molar-refractivity contribution in [2.75, 3.05) is 13.1 Å². The fourth-order valence-corrected chi connectivity index (χ4v) is 2.10. The second-order valence-electron chi connectivity index (χ2n) is 5.14. The highest BCUT2D eigenvalue weighted by molar-refractivity contribution is 5.80. The van der Waals surface area contributed by atoms with E-state index < -0.39 is 0 Å². The normalized spacial score (nSPS) is 13.8. The summed E-state index contributed by atoms with van der Waals surface area (Å²) in [5.41, 5.74) is 2.14. The molecule has 0 atom stereocenters. The minimum absolute atomic E-state index is 0. The van der Waals surface area contributed by atoms with E-state index in [2.05, 4.69) is 24.6 Å². The summed E-state index contributed by atoms with van der Waals surface area (Å²) in [7, 11) is 0. The molecule has 1 aliphatic rings. The van der Waals surface area contributed by atoms with Crippen LogP contribution in [-0.4, -0.2) is 34.1 Å². The Bertz CT molecular complexity index is 455. The van der Waals surface area contributed by atoms with Gasteiger partial charge in [0.25, 0.3) is 0 Å². The molecule has 2 N–H and O–H groups in total. The van der Waals surface area contributed by atoms with Crippen LogP contribution in [0.5, 0.6) is 11.5 Å². The molecule has 0 bridgehead atoms. The topological polar surface area (TPSA) is 43.5 Å². The van der Waals surface area contributed by atoms with Crippen molar-refractivity contribution in [1.82, 2.24) is 0 Å². The third-order valence-electron chi connectivity index (χ3n) is 3.22. The number of benzene rings is 1. The maximum Gasteiger partial charge on any atom is 0.171 e. The van der Waals surface area contributed by atoms with Gasteiger partial charge in [-0.05, 0) is 23.6 Å². The average Bonchev–Trinajstić information content (AvgIpc) is 2.28. The van der Waals surface area contributed by atoms with Gasteiger partial charge in [-0.15, -0.1) is 0 Å². The van der Waals surface area contributed by atoms with Crippen molar-refractivity contribution in [3.8, 4) is 11.5 Å². The van der Waals surface area contributed by atoms with E-state index in [1.54, 1.807) is 12.1 Å². The standard InChI is InChI=1S/C14H19NO2.ClH/c1-10(2)3-5-15-6-4-11-7-13(16)14(17)8-12(11)9-15;/h7-10,17H,3-6H2,1-2H3;1H. The zero-order valence-electron chi connectivity index (χ0n) is 10.9. The highest BCUT2D eigenvalue weighted by Gasteiger charge is 2.18. The highest BCUT2D eigenvalue weighted by atomic mass is 35.5. The van der Waals surface area contributed by atoms with Gasteiger partial charge >= 0.3 is 0 Å². The summed E-state index contributed by atoms with van der Waals surface area (Å²) < 4.78 is 2.29. The van der Waals surface area contributed by atoms with E-state index >= 15 is 0 Å². The Morgan fingerprint density at radius 2 is 1.89 bits per heavy atom. The molecule has 4 heteroatoms. The summed E-state index contributed by atoms with van der Waals surface area (Å²) in [6.07, 6.45) is 4.19. The van der Waals surface area contributed by atoms with Gasteiger partial charge in [0, 0.05) is 18.4 Å². The van der Waals surface area contributed by atoms with E-state index in [1.807, 2.05) is 0 Å². The first kappa shape index (κ1) is 14.8. The lowest BCUT2D eigenvalue weighted by Gasteiger charge is -2.14. The van der Waals surface area contributed by atoms with Crippen molar-refractivity contribution < 1.29 is 27.2 Å². The third kappa shape index (κ3) is 3.39. The van der Waals surface area contributed by atoms with Crippen molar-refractivity contribution in [3.63, 3.8) is 0 Å². The van der Waals surface area contributed by atoms with E-state index in [-0.39, 0.29) is 23.9 Å². The number of nitrogens with zero attached hydrogens (tertiary/aromatic N) is 1. The van der Waals surface area contributed by atoms with Crippen LogP contribution in [0.3, 0.4) is 0 Å². The maximum atomic E-state index is 9.49. The van der Waals surface area contributed by atoms with Gasteiger partial charge in [0.1, 0.15) is 13.1 Å². The minimum atomic E-state index is -0.0364. The molecule has 0 fully saturated rings. The molecule has 0 unspecified atom stereocenters. The number of aromatic hydroxyl groups is 2. The third-order valence-corrected chi connectivity index (χ3v) is 3.22. The molecule has 3 nitrogen and oxygen atoms in total. The summed E-state index contributed by atoms with van der Waals surface area (Å²) in [4.78, 5) is 0. The van der Waals surface area contributed by atoms with Crippen LogP contribution in [0.1, 0.15) is 31.4 Å². The van der Waals surface area contributed by atoms with Gasteiger partial charge < -0.3 is 22.6 Å². The van der Waals surface area contributed by atoms with Crippen LogP contribution in [-0.2, 0) is 6.42 Å². The molecule has 0 amide bonds. The van der Waals surface area contributed by atoms with E-state index in [4.69, 9.17) is 0 Å². The van der Waals surface area contributed by atoms with Gasteiger partial charge in [0.05, 0.1) is 0 Å². The zero-order valence-corrected chi connectivity index (χ0v) is 11.6. The molecular weight excluding hydrogens is 250 g/mol. The molecule has 1 aromatic carbocycles. The lowest BCUT2D eigenvalue weighted by molar-refractivity contribution is -0.525. The van der Waals surface area contributed by atoms with Crippen LogP contribution in [0.2, 0.25) is 0 Å². The largest absolute Gasteiger partial charge is 1.00 e. The van der Waals surface area contributed by atoms with E-state index in [9.17, 15) is 10.2 Å². The van der Waals surface area contributed by atoms with Crippen LogP contribution in [0, 0.1) is 5.92 Å². The Hall–Kier alpha value is -1.22. The van der Waals surface area contributed by atoms with Crippen molar-refractivity contribution in [2.45, 2.75) is 26.7 Å². The predicted octanol–water partition coefficient (Wildman–Crippen LogP) is -0.865. The zero-order chi connectivity index (χ0) is 12.4. The number of hydrogen-bond acceptors (Lipinski definition) is 2. The number of halogens is 1. The molecule has 1 heterocycles. The summed E-state index contributed by atoms with van der Waals surface area (Å²) >= 11 is 0. The van der Waals surface area contributed by atoms with E-state index in [0.29, 0.717) is 5.92 Å². The predicted molar refractivity (Wildman–Crippen MR) is 68.1 cm³/mol. The Morgan fingerprint density at radius 1 is 1.22 bits per heavy atom. The van der Waals surface area contributed by atoms with E-state index in [1.165, 1.54) is 6.42 Å². The van der Waals surface area contributed by atoms with Crippen molar-refractivity contribution in [1.29, 1.82) is 0 Å². The van der Waals surface area contributed by atoms with Crippen molar-refractivity contribution in [2.24, 2.45) is 5.92 Å². The molecule has 0 aromatic heterocycles. The summed E-state index contributed by atoms with van der Waals surface area (Å²) in [6, 6.07) is 3.31. The summed E-state index contributed by atoms with van der Waals surface area (Å²) in [5.74, 6) is 0.650. The van der Waals surface area contributed by atoms with Gasteiger partial charge in [0.2, 0.25) is 0 Å². The first-order chi connectivity index (χ1) is 8.06. The Morgan fingerprint density at radius 3 is 2.56 bits per heavy atom. The molecular formula is C14H20ClNO2. The second kappa shape index (κ2) is 6.10. The fraction of sp³-hybridized carbons (Fsp3) is 0.500. The lowest BCUT2D eigenvalue weighted by Crippen LogP contribution is -3.00. The molecule has 1 aliphatic heterocycles. The van der Waals surface area contributed by atoms with Crippen LogP contribution >= 0.6 is 0 Å². The summed E-state index contributed by atoms with van der Waals surface area (Å²) in [5, 5.41) is 18.9. The lowest BCUT2D eigenvalue weighted by atomic mass is 10.0. The molecule has 1 aromatic rings. The molecule has 0 aliphatic carbocycles. The first-order valence-electron chi connectivity index (χ1n) is 6.20. The van der Waals surface area contributed by atoms with Crippen LogP contribution in [0.4, 0.5) is 0 Å². The SMILES string of the molecule is CC(C)CC[N+]1=Cc2cc(O)c(O)cc2CC1.[Cl-]. The number of phenolic OH excluding ortho intramolecular Hbond substituents is 2. The van der Waals surface area contributed by atoms with Gasteiger partial charge in [-0.1, -0.05) is 13.8 Å². The number of hydrogen-bond donors (Lipinski definition) is 2. The van der Waals surface area contributed by atoms with Gasteiger partial charge in [-0.25, -0.2) is 4.58 Å². The van der Waals surface area contributed by atoms with Gasteiger partial charge in [-0.3, -0.25) is 0 Å². The molecule has 2 rings (SSSR count). The summed E-state index contributed by atoms with van der Waals surface area (Å²) in [6.45, 7) is 6.49. The van der Waals surface area contributed by atoms with Crippen molar-refractivity contribution >= 4 is 6.21 Å². The van der Waals surface area contributed by atoms with Gasteiger partial charge in [0.15, 0.2) is 17.7 Å². The molecule has 0 spiro atoms. The van der Waals surface area contributed by atoms with Crippen LogP contribution in [0.25, 0.3) is 0 Å². The Labute approximate surface area is 114 Å². The Kier molecular flexibility index (Phi) is 5.03. The molecule has 0 saturated heterocycles. The number of rotatable bonds is 3. The molecule has 0 saturated carbocycles. The van der Waals surface area contributed by atoms with E-state index in [0.717, 1.165) is 30.6 Å². The fourth-order valence-electron chi connectivity index (χ4n) is 2.10. The average molecular weight is 270 g/mol.